The van der Waals surface area contributed by atoms with Crippen LogP contribution in [0.3, 0.4) is 0 Å². The number of nitrogens with two attached hydrogens (primary N) is 1. The van der Waals surface area contributed by atoms with Crippen LogP contribution in [0.25, 0.3) is 10.9 Å². The van der Waals surface area contributed by atoms with Crippen molar-refractivity contribution in [2.45, 2.75) is 0 Å². The summed E-state index contributed by atoms with van der Waals surface area (Å²) in [6.07, 6.45) is 1.79. The fourth-order valence-electron chi connectivity index (χ4n) is 1.17. The molecule has 0 aliphatic heterocycles. The molecule has 0 spiro atoms. The first kappa shape index (κ1) is 7.84. The largest absolute Gasteiger partial charge is 0.320 e. The molecule has 1 aromatic heterocycles. The predicted molar refractivity (Wildman–Crippen MR) is 52.0 cm³/mol. The van der Waals surface area contributed by atoms with Crippen LogP contribution in [-0.4, -0.2) is 16.7 Å². The Morgan fingerprint density at radius 1 is 1.46 bits per heavy atom. The Labute approximate surface area is 75.9 Å². The highest BCUT2D eigenvalue weighted by atomic mass is 15.1. The van der Waals surface area contributed by atoms with Crippen molar-refractivity contribution < 1.29 is 0 Å². The number of hydrogen-bond acceptors (Lipinski definition) is 2. The maximum atomic E-state index is 5.28. The van der Waals surface area contributed by atoms with Crippen LogP contribution >= 0.6 is 0 Å². The van der Waals surface area contributed by atoms with Gasteiger partial charge in [0.15, 0.2) is 0 Å². The molecule has 0 radical (unpaired) electrons. The molecule has 1 heterocycles. The normalized spacial score (nSPS) is 9.62. The lowest BCUT2D eigenvalue weighted by molar-refractivity contribution is 1.12. The summed E-state index contributed by atoms with van der Waals surface area (Å²) >= 11 is 0. The summed E-state index contributed by atoms with van der Waals surface area (Å²) in [5.74, 6) is 5.77. The van der Waals surface area contributed by atoms with Crippen molar-refractivity contribution >= 4 is 10.9 Å². The molecule has 3 N–H and O–H groups in total. The molecular formula is C10H9N3. The Kier molecular flexibility index (Phi) is 1.99. The van der Waals surface area contributed by atoms with Crippen LogP contribution in [0.4, 0.5) is 0 Å². The zero-order valence-corrected chi connectivity index (χ0v) is 7.04. The minimum Gasteiger partial charge on any atom is -0.320 e. The van der Waals surface area contributed by atoms with Gasteiger partial charge in [-0.1, -0.05) is 11.8 Å². The van der Waals surface area contributed by atoms with Gasteiger partial charge in [-0.25, -0.2) is 0 Å². The van der Waals surface area contributed by atoms with Gasteiger partial charge in [0.2, 0.25) is 0 Å². The molecular weight excluding hydrogens is 162 g/mol. The summed E-state index contributed by atoms with van der Waals surface area (Å²) in [6, 6.07) is 5.91. The zero-order valence-electron chi connectivity index (χ0n) is 7.04. The van der Waals surface area contributed by atoms with Crippen molar-refractivity contribution in [3.8, 4) is 11.8 Å². The lowest BCUT2D eigenvalue weighted by atomic mass is 10.2. The fraction of sp³-hybridized carbons (Fsp3) is 0.100. The second kappa shape index (κ2) is 3.30. The SMILES string of the molecule is NCC#Cc1ccc2cn[nH]c2c1. The Morgan fingerprint density at radius 3 is 3.23 bits per heavy atom. The maximum absolute atomic E-state index is 5.28. The molecule has 1 aromatic carbocycles. The van der Waals surface area contributed by atoms with Gasteiger partial charge in [0.25, 0.3) is 0 Å². The van der Waals surface area contributed by atoms with Crippen LogP contribution < -0.4 is 5.73 Å². The van der Waals surface area contributed by atoms with Crippen LogP contribution in [0.1, 0.15) is 5.56 Å². The Morgan fingerprint density at radius 2 is 2.38 bits per heavy atom. The monoisotopic (exact) mass is 171 g/mol. The zero-order chi connectivity index (χ0) is 9.10. The second-order valence-corrected chi connectivity index (χ2v) is 2.68. The summed E-state index contributed by atoms with van der Waals surface area (Å²) in [5, 5.41) is 7.91. The van der Waals surface area contributed by atoms with Crippen LogP contribution in [0.2, 0.25) is 0 Å². The summed E-state index contributed by atoms with van der Waals surface area (Å²) < 4.78 is 0. The van der Waals surface area contributed by atoms with Gasteiger partial charge in [0.05, 0.1) is 18.3 Å². The number of hydrogen-bond donors (Lipinski definition) is 2. The van der Waals surface area contributed by atoms with Crippen molar-refractivity contribution in [2.75, 3.05) is 6.54 Å². The summed E-state index contributed by atoms with van der Waals surface area (Å²) in [5.41, 5.74) is 7.24. The Hall–Kier alpha value is -1.79. The van der Waals surface area contributed by atoms with E-state index in [0.717, 1.165) is 16.5 Å². The van der Waals surface area contributed by atoms with Crippen molar-refractivity contribution in [1.29, 1.82) is 0 Å². The van der Waals surface area contributed by atoms with E-state index in [4.69, 9.17) is 5.73 Å². The van der Waals surface area contributed by atoms with Gasteiger partial charge >= 0.3 is 0 Å². The third kappa shape index (κ3) is 1.53. The quantitative estimate of drug-likeness (QED) is 0.578. The minimum atomic E-state index is 0.390. The maximum Gasteiger partial charge on any atom is 0.0662 e. The third-order valence-corrected chi connectivity index (χ3v) is 1.78. The van der Waals surface area contributed by atoms with Crippen LogP contribution in [0, 0.1) is 11.8 Å². The molecule has 3 heteroatoms. The number of nitrogens with one attached hydrogen (secondary N) is 1. The van der Waals surface area contributed by atoms with E-state index in [0.29, 0.717) is 6.54 Å². The third-order valence-electron chi connectivity index (χ3n) is 1.78. The highest BCUT2D eigenvalue weighted by Crippen LogP contribution is 2.11. The molecule has 0 saturated carbocycles. The van der Waals surface area contributed by atoms with E-state index in [2.05, 4.69) is 22.0 Å². The summed E-state index contributed by atoms with van der Waals surface area (Å²) in [7, 11) is 0. The van der Waals surface area contributed by atoms with Crippen molar-refractivity contribution in [3.05, 3.63) is 30.0 Å². The molecule has 0 fully saturated rings. The van der Waals surface area contributed by atoms with Crippen molar-refractivity contribution in [2.24, 2.45) is 5.73 Å². The topological polar surface area (TPSA) is 54.7 Å². The van der Waals surface area contributed by atoms with E-state index in [1.807, 2.05) is 18.2 Å². The molecule has 2 aromatic rings. The fourth-order valence-corrected chi connectivity index (χ4v) is 1.17. The molecule has 0 aliphatic rings. The van der Waals surface area contributed by atoms with Crippen molar-refractivity contribution in [1.82, 2.24) is 10.2 Å². The van der Waals surface area contributed by atoms with Crippen LogP contribution in [0.5, 0.6) is 0 Å². The van der Waals surface area contributed by atoms with E-state index >= 15 is 0 Å². The van der Waals surface area contributed by atoms with Gasteiger partial charge in [0, 0.05) is 10.9 Å². The van der Waals surface area contributed by atoms with Gasteiger partial charge in [-0.2, -0.15) is 5.10 Å². The van der Waals surface area contributed by atoms with Crippen molar-refractivity contribution in [3.63, 3.8) is 0 Å². The highest BCUT2D eigenvalue weighted by molar-refractivity contribution is 5.79. The number of fused-ring (bicyclic) bond motifs is 1. The first-order valence-electron chi connectivity index (χ1n) is 4.02. The van der Waals surface area contributed by atoms with E-state index in [1.54, 1.807) is 6.20 Å². The van der Waals surface area contributed by atoms with Crippen LogP contribution in [0.15, 0.2) is 24.4 Å². The standard InChI is InChI=1S/C10H9N3/c11-5-1-2-8-3-4-9-7-12-13-10(9)6-8/h3-4,6-7H,5,11H2,(H,12,13). The number of aromatic amines is 1. The lowest BCUT2D eigenvalue weighted by Gasteiger charge is -1.89. The minimum absolute atomic E-state index is 0.390. The molecule has 0 amide bonds. The number of H-pyrrole nitrogens is 1. The van der Waals surface area contributed by atoms with Gasteiger partial charge in [-0.05, 0) is 18.2 Å². The van der Waals surface area contributed by atoms with E-state index in [9.17, 15) is 0 Å². The highest BCUT2D eigenvalue weighted by Gasteiger charge is 1.94. The molecule has 2 rings (SSSR count). The van der Waals surface area contributed by atoms with E-state index in [1.165, 1.54) is 0 Å². The molecule has 0 aliphatic carbocycles. The number of benzene rings is 1. The lowest BCUT2D eigenvalue weighted by Crippen LogP contribution is -1.92. The predicted octanol–water partition coefficient (Wildman–Crippen LogP) is 0.873. The van der Waals surface area contributed by atoms with Gasteiger partial charge in [-0.15, -0.1) is 0 Å². The summed E-state index contributed by atoms with van der Waals surface area (Å²) in [6.45, 7) is 0.390. The molecule has 3 nitrogen and oxygen atoms in total. The average Bonchev–Trinajstić information content (AvgIpc) is 2.61. The molecule has 0 bridgehead atoms. The Bertz CT molecular complexity index is 473. The molecule has 0 atom stereocenters. The Balaban J connectivity index is 2.48. The average molecular weight is 171 g/mol. The van der Waals surface area contributed by atoms with Gasteiger partial charge < -0.3 is 5.73 Å². The number of rotatable bonds is 0. The van der Waals surface area contributed by atoms with Gasteiger partial charge in [-0.3, -0.25) is 5.10 Å². The van der Waals surface area contributed by atoms with E-state index < -0.39 is 0 Å². The molecule has 0 saturated heterocycles. The molecule has 0 unspecified atom stereocenters. The molecule has 13 heavy (non-hydrogen) atoms. The van der Waals surface area contributed by atoms with Gasteiger partial charge in [0.1, 0.15) is 0 Å². The number of aromatic nitrogens is 2. The first-order valence-corrected chi connectivity index (χ1v) is 4.02. The summed E-state index contributed by atoms with van der Waals surface area (Å²) in [4.78, 5) is 0. The molecule has 64 valence electrons. The second-order valence-electron chi connectivity index (χ2n) is 2.68. The first-order chi connectivity index (χ1) is 6.40. The van der Waals surface area contributed by atoms with E-state index in [-0.39, 0.29) is 0 Å². The number of nitrogens with zero attached hydrogens (tertiary/aromatic N) is 1. The van der Waals surface area contributed by atoms with Crippen LogP contribution in [-0.2, 0) is 0 Å². The smallest absolute Gasteiger partial charge is 0.0662 e.